The molecule has 0 spiro atoms. The maximum absolute atomic E-state index is 12.8. The van der Waals surface area contributed by atoms with Gasteiger partial charge in [0.25, 0.3) is 0 Å². The highest BCUT2D eigenvalue weighted by Crippen LogP contribution is 2.23. The number of hydrogen-bond acceptors (Lipinski definition) is 2. The van der Waals surface area contributed by atoms with Crippen LogP contribution in [0, 0.1) is 5.82 Å². The number of rotatable bonds is 3. The molecule has 0 radical (unpaired) electrons. The van der Waals surface area contributed by atoms with Crippen molar-refractivity contribution < 1.29 is 14.0 Å². The van der Waals surface area contributed by atoms with E-state index in [0.29, 0.717) is 18.5 Å². The summed E-state index contributed by atoms with van der Waals surface area (Å²) in [7, 11) is 0. The Morgan fingerprint density at radius 2 is 1.91 bits per heavy atom. The third-order valence-electron chi connectivity index (χ3n) is 3.56. The Hall–Kier alpha value is -2.69. The monoisotopic (exact) mass is 298 g/mol. The maximum atomic E-state index is 12.8. The summed E-state index contributed by atoms with van der Waals surface area (Å²) in [5, 5.41) is 5.54. The van der Waals surface area contributed by atoms with Gasteiger partial charge in [-0.2, -0.15) is 0 Å². The molecule has 4 nitrogen and oxygen atoms in total. The SMILES string of the molecule is O=C(Cc1ccc2c(c1)CCC(=O)N2)Nc1ccc(F)cc1. The van der Waals surface area contributed by atoms with E-state index in [2.05, 4.69) is 10.6 Å². The highest BCUT2D eigenvalue weighted by Gasteiger charge is 2.15. The van der Waals surface area contributed by atoms with Crippen LogP contribution in [0.4, 0.5) is 15.8 Å². The van der Waals surface area contributed by atoms with Crippen molar-refractivity contribution in [2.24, 2.45) is 0 Å². The first-order valence-electron chi connectivity index (χ1n) is 7.07. The molecular weight excluding hydrogens is 283 g/mol. The fourth-order valence-corrected chi connectivity index (χ4v) is 2.47. The number of amides is 2. The molecule has 112 valence electrons. The topological polar surface area (TPSA) is 58.2 Å². The van der Waals surface area contributed by atoms with E-state index in [1.165, 1.54) is 24.3 Å². The van der Waals surface area contributed by atoms with Crippen molar-refractivity contribution >= 4 is 23.2 Å². The lowest BCUT2D eigenvalue weighted by molar-refractivity contribution is -0.117. The number of aryl methyl sites for hydroxylation is 1. The number of carbonyl (C=O) groups is 2. The highest BCUT2D eigenvalue weighted by atomic mass is 19.1. The van der Waals surface area contributed by atoms with Crippen LogP contribution in [0.5, 0.6) is 0 Å². The minimum atomic E-state index is -0.338. The summed E-state index contributed by atoms with van der Waals surface area (Å²) in [6.45, 7) is 0. The number of nitrogens with one attached hydrogen (secondary N) is 2. The summed E-state index contributed by atoms with van der Waals surface area (Å²) >= 11 is 0. The molecule has 3 rings (SSSR count). The molecule has 0 bridgehead atoms. The molecule has 1 heterocycles. The first kappa shape index (κ1) is 14.3. The lowest BCUT2D eigenvalue weighted by atomic mass is 9.99. The fraction of sp³-hybridized carbons (Fsp3) is 0.176. The average molecular weight is 298 g/mol. The average Bonchev–Trinajstić information content (AvgIpc) is 2.50. The van der Waals surface area contributed by atoms with E-state index in [1.807, 2.05) is 18.2 Å². The smallest absolute Gasteiger partial charge is 0.228 e. The van der Waals surface area contributed by atoms with E-state index in [-0.39, 0.29) is 24.1 Å². The Kier molecular flexibility index (Phi) is 3.87. The second-order valence-corrected chi connectivity index (χ2v) is 5.27. The summed E-state index contributed by atoms with van der Waals surface area (Å²) in [6, 6.07) is 11.3. The first-order valence-corrected chi connectivity index (χ1v) is 7.07. The molecule has 5 heteroatoms. The Labute approximate surface area is 127 Å². The minimum absolute atomic E-state index is 0.0225. The lowest BCUT2D eigenvalue weighted by Crippen LogP contribution is -2.19. The Morgan fingerprint density at radius 3 is 2.68 bits per heavy atom. The van der Waals surface area contributed by atoms with E-state index in [4.69, 9.17) is 0 Å². The van der Waals surface area contributed by atoms with Gasteiger partial charge in [-0.05, 0) is 47.9 Å². The van der Waals surface area contributed by atoms with Crippen LogP contribution in [0.3, 0.4) is 0 Å². The van der Waals surface area contributed by atoms with Gasteiger partial charge in [-0.3, -0.25) is 9.59 Å². The summed E-state index contributed by atoms with van der Waals surface area (Å²) in [5.41, 5.74) is 3.32. The Morgan fingerprint density at radius 1 is 1.14 bits per heavy atom. The Balaban J connectivity index is 1.66. The molecule has 0 aromatic heterocycles. The number of carbonyl (C=O) groups excluding carboxylic acids is 2. The molecule has 0 atom stereocenters. The molecule has 2 aromatic carbocycles. The van der Waals surface area contributed by atoms with E-state index in [0.717, 1.165) is 16.8 Å². The van der Waals surface area contributed by atoms with E-state index in [1.54, 1.807) is 0 Å². The zero-order valence-corrected chi connectivity index (χ0v) is 11.9. The predicted octanol–water partition coefficient (Wildman–Crippen LogP) is 2.89. The third kappa shape index (κ3) is 3.31. The number of fused-ring (bicyclic) bond motifs is 1. The van der Waals surface area contributed by atoms with Crippen molar-refractivity contribution in [3.05, 3.63) is 59.4 Å². The summed E-state index contributed by atoms with van der Waals surface area (Å²) < 4.78 is 12.8. The lowest BCUT2D eigenvalue weighted by Gasteiger charge is -2.17. The van der Waals surface area contributed by atoms with Crippen molar-refractivity contribution in [2.75, 3.05) is 10.6 Å². The van der Waals surface area contributed by atoms with Gasteiger partial charge in [-0.25, -0.2) is 4.39 Å². The Bertz CT molecular complexity index is 726. The van der Waals surface area contributed by atoms with Crippen molar-refractivity contribution in [3.63, 3.8) is 0 Å². The van der Waals surface area contributed by atoms with Gasteiger partial charge in [0.2, 0.25) is 11.8 Å². The van der Waals surface area contributed by atoms with Crippen LogP contribution in [0.15, 0.2) is 42.5 Å². The van der Waals surface area contributed by atoms with Crippen molar-refractivity contribution in [1.29, 1.82) is 0 Å². The minimum Gasteiger partial charge on any atom is -0.326 e. The quantitative estimate of drug-likeness (QED) is 0.915. The first-order chi connectivity index (χ1) is 10.6. The van der Waals surface area contributed by atoms with Gasteiger partial charge in [0.15, 0.2) is 0 Å². The molecule has 22 heavy (non-hydrogen) atoms. The number of hydrogen-bond donors (Lipinski definition) is 2. The van der Waals surface area contributed by atoms with Gasteiger partial charge in [-0.15, -0.1) is 0 Å². The van der Waals surface area contributed by atoms with Gasteiger partial charge in [0.1, 0.15) is 5.82 Å². The van der Waals surface area contributed by atoms with Crippen LogP contribution in [-0.4, -0.2) is 11.8 Å². The maximum Gasteiger partial charge on any atom is 0.228 e. The fourth-order valence-electron chi connectivity index (χ4n) is 2.47. The van der Waals surface area contributed by atoms with Gasteiger partial charge < -0.3 is 10.6 Å². The van der Waals surface area contributed by atoms with E-state index < -0.39 is 0 Å². The molecule has 0 aliphatic carbocycles. The second kappa shape index (κ2) is 5.97. The number of halogens is 1. The highest BCUT2D eigenvalue weighted by molar-refractivity contribution is 5.95. The molecule has 2 aromatic rings. The molecule has 0 saturated heterocycles. The number of benzene rings is 2. The van der Waals surface area contributed by atoms with Crippen LogP contribution in [0.1, 0.15) is 17.5 Å². The van der Waals surface area contributed by atoms with Crippen LogP contribution < -0.4 is 10.6 Å². The molecule has 0 saturated carbocycles. The molecule has 2 amide bonds. The van der Waals surface area contributed by atoms with Crippen molar-refractivity contribution in [2.45, 2.75) is 19.3 Å². The summed E-state index contributed by atoms with van der Waals surface area (Å²) in [6.07, 6.45) is 1.39. The molecular formula is C17H15FN2O2. The normalized spacial score (nSPS) is 13.2. The summed E-state index contributed by atoms with van der Waals surface area (Å²) in [5.74, 6) is -0.476. The van der Waals surface area contributed by atoms with Crippen LogP contribution in [-0.2, 0) is 22.4 Å². The standard InChI is InChI=1S/C17H15FN2O2/c18-13-3-5-14(6-4-13)19-17(22)10-11-1-7-15-12(9-11)2-8-16(21)20-15/h1,3-7,9H,2,8,10H2,(H,19,22)(H,20,21). The van der Waals surface area contributed by atoms with Gasteiger partial charge >= 0.3 is 0 Å². The van der Waals surface area contributed by atoms with E-state index >= 15 is 0 Å². The van der Waals surface area contributed by atoms with Crippen LogP contribution in [0.2, 0.25) is 0 Å². The predicted molar refractivity (Wildman–Crippen MR) is 82.1 cm³/mol. The number of anilines is 2. The van der Waals surface area contributed by atoms with Gasteiger partial charge in [0.05, 0.1) is 6.42 Å². The molecule has 0 fully saturated rings. The zero-order valence-electron chi connectivity index (χ0n) is 11.9. The molecule has 1 aliphatic heterocycles. The summed E-state index contributed by atoms with van der Waals surface area (Å²) in [4.78, 5) is 23.3. The van der Waals surface area contributed by atoms with Crippen LogP contribution >= 0.6 is 0 Å². The second-order valence-electron chi connectivity index (χ2n) is 5.27. The zero-order chi connectivity index (χ0) is 15.5. The van der Waals surface area contributed by atoms with E-state index in [9.17, 15) is 14.0 Å². The largest absolute Gasteiger partial charge is 0.326 e. The van der Waals surface area contributed by atoms with Crippen molar-refractivity contribution in [3.8, 4) is 0 Å². The van der Waals surface area contributed by atoms with Crippen LogP contribution in [0.25, 0.3) is 0 Å². The van der Waals surface area contributed by atoms with Gasteiger partial charge in [0, 0.05) is 17.8 Å². The molecule has 1 aliphatic rings. The van der Waals surface area contributed by atoms with Crippen molar-refractivity contribution in [1.82, 2.24) is 0 Å². The molecule has 0 unspecified atom stereocenters. The van der Waals surface area contributed by atoms with Gasteiger partial charge in [-0.1, -0.05) is 12.1 Å². The third-order valence-corrected chi connectivity index (χ3v) is 3.56. The molecule has 2 N–H and O–H groups in total.